The van der Waals surface area contributed by atoms with Crippen molar-refractivity contribution in [1.29, 1.82) is 0 Å². The van der Waals surface area contributed by atoms with Gasteiger partial charge in [0.25, 0.3) is 11.8 Å². The van der Waals surface area contributed by atoms with Gasteiger partial charge in [0, 0.05) is 94.8 Å². The van der Waals surface area contributed by atoms with Crippen LogP contribution in [0, 0.1) is 22.7 Å². The largest absolute Gasteiger partial charge is 0.344 e. The fourth-order valence-electron chi connectivity index (χ4n) is 11.2. The van der Waals surface area contributed by atoms with Gasteiger partial charge in [-0.05, 0) is 116 Å². The van der Waals surface area contributed by atoms with Crippen molar-refractivity contribution < 1.29 is 38.4 Å². The number of likely N-dealkylation sites (tertiary alicyclic amines) is 2. The van der Waals surface area contributed by atoms with Gasteiger partial charge in [-0.25, -0.2) is 0 Å². The van der Waals surface area contributed by atoms with Crippen molar-refractivity contribution in [2.45, 2.75) is 145 Å². The van der Waals surface area contributed by atoms with Crippen LogP contribution in [0.1, 0.15) is 140 Å². The number of rotatable bonds is 26. The Balaban J connectivity index is 0.0000132. The van der Waals surface area contributed by atoms with Gasteiger partial charge in [-0.15, -0.1) is 0 Å². The van der Waals surface area contributed by atoms with E-state index in [4.69, 9.17) is 0 Å². The van der Waals surface area contributed by atoms with E-state index in [1.54, 1.807) is 55.2 Å². The van der Waals surface area contributed by atoms with E-state index in [0.717, 1.165) is 41.5 Å². The third-order valence-electron chi connectivity index (χ3n) is 17.1. The Morgan fingerprint density at radius 2 is 1.00 bits per heavy atom. The van der Waals surface area contributed by atoms with Gasteiger partial charge in [-0.2, -0.15) is 0 Å². The summed E-state index contributed by atoms with van der Waals surface area (Å²) in [6.07, 6.45) is 4.96. The van der Waals surface area contributed by atoms with Crippen molar-refractivity contribution in [1.82, 2.24) is 40.0 Å². The van der Waals surface area contributed by atoms with Gasteiger partial charge in [0.2, 0.25) is 29.5 Å². The molecule has 2 fully saturated rings. The zero-order valence-corrected chi connectivity index (χ0v) is 52.1. The van der Waals surface area contributed by atoms with Crippen molar-refractivity contribution in [2.75, 3.05) is 73.5 Å². The van der Waals surface area contributed by atoms with Gasteiger partial charge < -0.3 is 40.0 Å². The first-order chi connectivity index (χ1) is 39.8. The number of amides is 7. The fourth-order valence-corrected chi connectivity index (χ4v) is 11.2. The second-order valence-electron chi connectivity index (χ2n) is 25.5. The highest BCUT2D eigenvalue weighted by Crippen LogP contribution is 2.34. The molecule has 0 aliphatic carbocycles. The summed E-state index contributed by atoms with van der Waals surface area (Å²) in [7, 11) is 4.96. The summed E-state index contributed by atoms with van der Waals surface area (Å²) in [5, 5.41) is 6.05. The lowest BCUT2D eigenvalue weighted by atomic mass is 9.76. The molecule has 2 aliphatic rings. The molecule has 4 aromatic rings. The van der Waals surface area contributed by atoms with Gasteiger partial charge in [0.05, 0.1) is 19.1 Å². The van der Waals surface area contributed by atoms with Crippen LogP contribution in [-0.2, 0) is 41.6 Å². The lowest BCUT2D eigenvalue weighted by Gasteiger charge is -2.38. The van der Waals surface area contributed by atoms with Crippen molar-refractivity contribution in [3.05, 3.63) is 131 Å². The Morgan fingerprint density at radius 3 is 1.38 bits per heavy atom. The average molecular weight is 1170 g/mol. The van der Waals surface area contributed by atoms with E-state index in [2.05, 4.69) is 10.6 Å². The van der Waals surface area contributed by atoms with Gasteiger partial charge in [-0.1, -0.05) is 148 Å². The molecule has 2 N–H and O–H groups in total. The van der Waals surface area contributed by atoms with Crippen LogP contribution in [0.25, 0.3) is 11.1 Å². The Hall–Kier alpha value is -7.20. The Bertz CT molecular complexity index is 2670. The van der Waals surface area contributed by atoms with E-state index < -0.39 is 22.8 Å². The molecule has 2 saturated heterocycles. The first-order valence-corrected chi connectivity index (χ1v) is 30.3. The molecule has 16 nitrogen and oxygen atoms in total. The van der Waals surface area contributed by atoms with Gasteiger partial charge >= 0.3 is 0 Å². The van der Waals surface area contributed by atoms with Crippen LogP contribution in [-0.4, -0.2) is 174 Å². The SMILES string of the molecule is C.CC[C@@H](C)C(=O)N[C@H](C(=O)N1CCC[C@H]1CN(CCc1ccccc1)C(=O)CN(C)C(=O)c1ccc(-c2ccc(C(=O)N(C)CC(=O)N(CCc3ccccc3)C[C@@H]3CCCN3C(=O)[C@@H](CC(=O)[C@H](C)NC)C(C)(C)C)cc2)cc1)C(C)(C)C. The number of benzene rings is 4. The second-order valence-corrected chi connectivity index (χ2v) is 25.5. The van der Waals surface area contributed by atoms with Crippen molar-refractivity contribution in [3.8, 4) is 11.1 Å². The smallest absolute Gasteiger partial charge is 0.254 e. The van der Waals surface area contributed by atoms with Crippen LogP contribution < -0.4 is 10.6 Å². The van der Waals surface area contributed by atoms with Crippen molar-refractivity contribution >= 4 is 47.1 Å². The molecular weight excluding hydrogens is 1070 g/mol. The van der Waals surface area contributed by atoms with E-state index in [1.165, 1.54) is 9.80 Å². The summed E-state index contributed by atoms with van der Waals surface area (Å²) >= 11 is 0. The molecule has 0 spiro atoms. The number of nitrogens with one attached hydrogen (secondary N) is 2. The molecule has 0 bridgehead atoms. The number of nitrogens with zero attached hydrogens (tertiary/aromatic N) is 6. The van der Waals surface area contributed by atoms with Gasteiger partial charge in [0.1, 0.15) is 11.8 Å². The number of ketones is 1. The minimum absolute atomic E-state index is 0. The van der Waals surface area contributed by atoms with E-state index in [0.29, 0.717) is 76.1 Å². The summed E-state index contributed by atoms with van der Waals surface area (Å²) in [6, 6.07) is 32.4. The minimum atomic E-state index is -0.732. The minimum Gasteiger partial charge on any atom is -0.344 e. The Kier molecular flexibility index (Phi) is 25.2. The summed E-state index contributed by atoms with van der Waals surface area (Å²) in [5.74, 6) is -2.26. The lowest BCUT2D eigenvalue weighted by molar-refractivity contribution is -0.144. The maximum atomic E-state index is 14.4. The summed E-state index contributed by atoms with van der Waals surface area (Å²) in [5.41, 5.74) is 3.54. The molecule has 2 heterocycles. The van der Waals surface area contributed by atoms with Crippen LogP contribution in [0.3, 0.4) is 0 Å². The zero-order valence-electron chi connectivity index (χ0n) is 52.1. The molecule has 16 heteroatoms. The first-order valence-electron chi connectivity index (χ1n) is 30.3. The summed E-state index contributed by atoms with van der Waals surface area (Å²) in [6.45, 7) is 19.6. The average Bonchev–Trinajstić information content (AvgIpc) is 3.87. The first kappa shape index (κ1) is 68.6. The van der Waals surface area contributed by atoms with E-state index in [9.17, 15) is 38.4 Å². The van der Waals surface area contributed by atoms with Gasteiger partial charge in [-0.3, -0.25) is 38.4 Å². The quantitative estimate of drug-likeness (QED) is 0.0620. The van der Waals surface area contributed by atoms with Crippen molar-refractivity contribution in [3.63, 3.8) is 0 Å². The number of carbonyl (C=O) groups is 8. The highest BCUT2D eigenvalue weighted by Gasteiger charge is 2.43. The maximum absolute atomic E-state index is 14.4. The lowest BCUT2D eigenvalue weighted by Crippen LogP contribution is -2.58. The van der Waals surface area contributed by atoms with Crippen LogP contribution in [0.5, 0.6) is 0 Å². The van der Waals surface area contributed by atoms with E-state index in [-0.39, 0.29) is 98.1 Å². The molecule has 4 aromatic carbocycles. The van der Waals surface area contributed by atoms with Crippen LogP contribution in [0.4, 0.5) is 0 Å². The molecule has 0 saturated carbocycles. The van der Waals surface area contributed by atoms with Crippen LogP contribution in [0.2, 0.25) is 0 Å². The number of carbonyl (C=O) groups excluding carboxylic acids is 8. The third-order valence-corrected chi connectivity index (χ3v) is 17.1. The Labute approximate surface area is 507 Å². The molecule has 6 rings (SSSR count). The van der Waals surface area contributed by atoms with E-state index in [1.807, 2.05) is 157 Å². The van der Waals surface area contributed by atoms with Gasteiger partial charge in [0.15, 0.2) is 0 Å². The molecule has 7 amide bonds. The summed E-state index contributed by atoms with van der Waals surface area (Å²) in [4.78, 5) is 122. The third kappa shape index (κ3) is 18.9. The predicted octanol–water partition coefficient (Wildman–Crippen LogP) is 9.06. The molecule has 0 unspecified atom stereocenters. The van der Waals surface area contributed by atoms with Crippen LogP contribution in [0.15, 0.2) is 109 Å². The number of hydrogen-bond donors (Lipinski definition) is 2. The molecule has 462 valence electrons. The maximum Gasteiger partial charge on any atom is 0.254 e. The molecule has 85 heavy (non-hydrogen) atoms. The standard InChI is InChI=1S/C68H94N8O8.CH4/c1-13-47(2)62(80)70-61(68(7,8)9)66(84)76-39-21-27-56(76)44-74(41-37-50-24-18-15-19-25-50)60(79)46-72(12)64(82)54-34-30-52(31-35-54)51-28-32-53(33-29-51)63(81)71(11)45-59(78)73(40-36-49-22-16-14-17-23-49)43-55-26-20-38-75(55)65(83)57(67(4,5)6)42-58(77)48(3)69-10;/h14-19,22-25,28-35,47-48,55-57,61,69H,13,20-21,26-27,36-46H2,1-12H3,(H,70,80);1H4/t47-,48+,55+,56+,57-,61-;/m1./s1. The van der Waals surface area contributed by atoms with Crippen molar-refractivity contribution in [2.24, 2.45) is 22.7 Å². The highest BCUT2D eigenvalue weighted by atomic mass is 16.2. The normalized spacial score (nSPS) is 16.5. The van der Waals surface area contributed by atoms with E-state index >= 15 is 0 Å². The molecule has 2 aliphatic heterocycles. The predicted molar refractivity (Wildman–Crippen MR) is 337 cm³/mol. The monoisotopic (exact) mass is 1170 g/mol. The topological polar surface area (TPSA) is 180 Å². The molecule has 0 radical (unpaired) electrons. The Morgan fingerprint density at radius 1 is 0.588 bits per heavy atom. The second kappa shape index (κ2) is 31.3. The molecule has 6 atom stereocenters. The fraction of sp³-hybridized carbons (Fsp3) is 0.536. The number of Topliss-reactive ketones (excluding diaryl/α,β-unsaturated/α-hetero) is 1. The molecular formula is C69H98N8O8. The zero-order chi connectivity index (χ0) is 61.5. The van der Waals surface area contributed by atoms with Crippen LogP contribution >= 0.6 is 0 Å². The summed E-state index contributed by atoms with van der Waals surface area (Å²) < 4.78 is 0. The molecule has 0 aromatic heterocycles. The highest BCUT2D eigenvalue weighted by molar-refractivity contribution is 5.98. The number of hydrogen-bond acceptors (Lipinski definition) is 9. The number of likely N-dealkylation sites (N-methyl/N-ethyl adjacent to an activating group) is 3.